The minimum atomic E-state index is -1.08. The molecule has 0 radical (unpaired) electrons. The van der Waals surface area contributed by atoms with Crippen LogP contribution in [0.25, 0.3) is 0 Å². The lowest BCUT2D eigenvalue weighted by atomic mass is 10.0. The van der Waals surface area contributed by atoms with Crippen LogP contribution in [0.15, 0.2) is 41.6 Å². The van der Waals surface area contributed by atoms with Gasteiger partial charge in [0.15, 0.2) is 0 Å². The van der Waals surface area contributed by atoms with Crippen LogP contribution >= 0.6 is 11.8 Å². The molecule has 1 saturated heterocycles. The number of nitrogens with zero attached hydrogens (tertiary/aromatic N) is 1. The molecule has 0 saturated carbocycles. The third kappa shape index (κ3) is 12.4. The molecule has 1 aromatic rings. The summed E-state index contributed by atoms with van der Waals surface area (Å²) in [7, 11) is 0. The van der Waals surface area contributed by atoms with Crippen LogP contribution in [0.2, 0.25) is 0 Å². The highest BCUT2D eigenvalue weighted by Gasteiger charge is 2.53. The van der Waals surface area contributed by atoms with Gasteiger partial charge in [-0.25, -0.2) is 4.79 Å². The first-order chi connectivity index (χ1) is 17.3. The molecule has 3 rings (SSSR count). The Bertz CT molecular complexity index is 805. The normalized spacial score (nSPS) is 16.5. The first kappa shape index (κ1) is 37.9. The highest BCUT2D eigenvalue weighted by Crippen LogP contribution is 2.41. The van der Waals surface area contributed by atoms with E-state index in [2.05, 4.69) is 5.32 Å². The van der Waals surface area contributed by atoms with Gasteiger partial charge in [-0.3, -0.25) is 14.5 Å². The molecule has 0 spiro atoms. The van der Waals surface area contributed by atoms with Crippen LogP contribution in [0.4, 0.5) is 0 Å². The monoisotopic (exact) mass is 524 g/mol. The number of hydrogen-bond donors (Lipinski definition) is 2. The van der Waals surface area contributed by atoms with E-state index in [1.165, 1.54) is 30.5 Å². The van der Waals surface area contributed by atoms with Gasteiger partial charge in [0.05, 0.1) is 6.42 Å². The summed E-state index contributed by atoms with van der Waals surface area (Å²) >= 11 is 1.50. The molecule has 2 N–H and O–H groups in total. The molecule has 2 atom stereocenters. The number of benzene rings is 1. The summed E-state index contributed by atoms with van der Waals surface area (Å²) in [5.74, 6) is -0.934. The number of ketones is 1. The fourth-order valence-electron chi connectivity index (χ4n) is 2.96. The van der Waals surface area contributed by atoms with Crippen molar-refractivity contribution < 1.29 is 24.3 Å². The van der Waals surface area contributed by atoms with Crippen LogP contribution in [-0.4, -0.2) is 50.7 Å². The SMILES string of the molecule is CC.CC.CC.CC.CC(C)=O.CCC1=C(C(=O)O)N2C(=O)C(NC(=O)Cc3ccccc3)C2SC1. The second-order valence-corrected chi connectivity index (χ2v) is 7.74. The van der Waals surface area contributed by atoms with Crippen molar-refractivity contribution in [2.75, 3.05) is 5.75 Å². The van der Waals surface area contributed by atoms with Crippen molar-refractivity contribution in [2.24, 2.45) is 0 Å². The minimum absolute atomic E-state index is 0.0832. The van der Waals surface area contributed by atoms with E-state index in [1.807, 2.05) is 92.6 Å². The van der Waals surface area contributed by atoms with Gasteiger partial charge in [0.2, 0.25) is 5.91 Å². The van der Waals surface area contributed by atoms with Crippen LogP contribution < -0.4 is 5.32 Å². The topological polar surface area (TPSA) is 104 Å². The van der Waals surface area contributed by atoms with Gasteiger partial charge in [-0.15, -0.1) is 11.8 Å². The standard InChI is InChI=1S/C17H18N2O4S.C3H6O.4C2H6/c1-2-11-9-24-16-13(15(21)19(16)14(11)17(22)23)18-12(20)8-10-6-4-3-5-7-10;1-3(2)4;4*1-2/h3-7,13,16H,2,8-9H2,1H3,(H,18,20)(H,22,23);1-2H3;4*1-2H3. The summed E-state index contributed by atoms with van der Waals surface area (Å²) < 4.78 is 0. The Labute approximate surface area is 223 Å². The zero-order valence-electron chi connectivity index (χ0n) is 24.1. The zero-order chi connectivity index (χ0) is 28.8. The molecular formula is C28H48N2O5S. The predicted molar refractivity (Wildman–Crippen MR) is 152 cm³/mol. The lowest BCUT2D eigenvalue weighted by molar-refractivity contribution is -0.150. The minimum Gasteiger partial charge on any atom is -0.477 e. The second kappa shape index (κ2) is 22.8. The first-order valence-corrected chi connectivity index (χ1v) is 14.0. The maximum Gasteiger partial charge on any atom is 0.352 e. The molecule has 7 nitrogen and oxygen atoms in total. The third-order valence-corrected chi connectivity index (χ3v) is 5.54. The van der Waals surface area contributed by atoms with Gasteiger partial charge in [0.25, 0.3) is 5.91 Å². The van der Waals surface area contributed by atoms with Crippen molar-refractivity contribution in [2.45, 2.75) is 100 Å². The molecule has 36 heavy (non-hydrogen) atoms. The summed E-state index contributed by atoms with van der Waals surface area (Å²) in [6.07, 6.45) is 0.792. The van der Waals surface area contributed by atoms with Crippen molar-refractivity contribution >= 4 is 35.3 Å². The molecule has 2 amide bonds. The number of fused-ring (bicyclic) bond motifs is 1. The third-order valence-electron chi connectivity index (χ3n) is 4.20. The van der Waals surface area contributed by atoms with Gasteiger partial charge in [-0.1, -0.05) is 92.6 Å². The van der Waals surface area contributed by atoms with E-state index in [0.717, 1.165) is 11.1 Å². The number of thioether (sulfide) groups is 1. The summed E-state index contributed by atoms with van der Waals surface area (Å²) in [5.41, 5.74) is 1.71. The molecular weight excluding hydrogens is 476 g/mol. The van der Waals surface area contributed by atoms with Gasteiger partial charge >= 0.3 is 5.97 Å². The fourth-order valence-corrected chi connectivity index (χ4v) is 4.41. The second-order valence-electron chi connectivity index (χ2n) is 6.64. The van der Waals surface area contributed by atoms with E-state index >= 15 is 0 Å². The molecule has 0 aliphatic carbocycles. The average molecular weight is 525 g/mol. The smallest absolute Gasteiger partial charge is 0.352 e. The van der Waals surface area contributed by atoms with Gasteiger partial charge in [0.1, 0.15) is 22.9 Å². The van der Waals surface area contributed by atoms with Crippen LogP contribution in [0.1, 0.15) is 88.1 Å². The first-order valence-electron chi connectivity index (χ1n) is 13.0. The number of nitrogens with one attached hydrogen (secondary N) is 1. The number of amides is 2. The molecule has 1 aromatic carbocycles. The molecule has 1 fully saturated rings. The average Bonchev–Trinajstić information content (AvgIpc) is 2.91. The maximum absolute atomic E-state index is 12.4. The summed E-state index contributed by atoms with van der Waals surface area (Å²) in [6, 6.07) is 8.63. The van der Waals surface area contributed by atoms with E-state index in [4.69, 9.17) is 0 Å². The number of Topliss-reactive ketones (excluding diaryl/α,β-unsaturated/α-hetero) is 1. The van der Waals surface area contributed by atoms with Gasteiger partial charge in [0, 0.05) is 5.75 Å². The fraction of sp³-hybridized carbons (Fsp3) is 0.571. The van der Waals surface area contributed by atoms with Crippen LogP contribution in [-0.2, 0) is 25.6 Å². The maximum atomic E-state index is 12.4. The number of carboxylic acid groups (broad SMARTS) is 1. The van der Waals surface area contributed by atoms with Crippen molar-refractivity contribution in [1.82, 2.24) is 10.2 Å². The molecule has 2 heterocycles. The quantitative estimate of drug-likeness (QED) is 0.453. The van der Waals surface area contributed by atoms with Crippen molar-refractivity contribution in [1.29, 1.82) is 0 Å². The van der Waals surface area contributed by atoms with E-state index in [-0.39, 0.29) is 35.1 Å². The molecule has 8 heteroatoms. The Morgan fingerprint density at radius 1 is 0.972 bits per heavy atom. The Balaban J connectivity index is -0.000000785. The summed E-state index contributed by atoms with van der Waals surface area (Å²) in [5, 5.41) is 11.8. The summed E-state index contributed by atoms with van der Waals surface area (Å²) in [4.78, 5) is 46.7. The number of aliphatic carboxylic acids is 1. The molecule has 0 aromatic heterocycles. The van der Waals surface area contributed by atoms with Crippen LogP contribution in [0, 0.1) is 0 Å². The van der Waals surface area contributed by atoms with E-state index in [0.29, 0.717) is 12.2 Å². The van der Waals surface area contributed by atoms with Crippen LogP contribution in [0.5, 0.6) is 0 Å². The Morgan fingerprint density at radius 2 is 1.44 bits per heavy atom. The van der Waals surface area contributed by atoms with Gasteiger partial charge in [-0.2, -0.15) is 0 Å². The number of carbonyl (C=O) groups is 4. The largest absolute Gasteiger partial charge is 0.477 e. The number of rotatable bonds is 5. The molecule has 2 aliphatic rings. The van der Waals surface area contributed by atoms with Crippen molar-refractivity contribution in [3.8, 4) is 0 Å². The number of β-lactam (4-membered cyclic amide) rings is 1. The Hall–Kier alpha value is -2.61. The highest BCUT2D eigenvalue weighted by molar-refractivity contribution is 8.00. The molecule has 206 valence electrons. The van der Waals surface area contributed by atoms with E-state index in [9.17, 15) is 24.3 Å². The lowest BCUT2D eigenvalue weighted by Crippen LogP contribution is -2.70. The zero-order valence-corrected chi connectivity index (χ0v) is 24.9. The summed E-state index contributed by atoms with van der Waals surface area (Å²) in [6.45, 7) is 20.9. The Kier molecular flexibility index (Phi) is 24.1. The van der Waals surface area contributed by atoms with Crippen molar-refractivity contribution in [3.05, 3.63) is 47.2 Å². The Morgan fingerprint density at radius 3 is 1.86 bits per heavy atom. The van der Waals surface area contributed by atoms with E-state index in [1.54, 1.807) is 0 Å². The highest BCUT2D eigenvalue weighted by atomic mass is 32.2. The van der Waals surface area contributed by atoms with Crippen molar-refractivity contribution in [3.63, 3.8) is 0 Å². The predicted octanol–water partition coefficient (Wildman–Crippen LogP) is 6.08. The lowest BCUT2D eigenvalue weighted by Gasteiger charge is -2.49. The van der Waals surface area contributed by atoms with Gasteiger partial charge in [-0.05, 0) is 31.4 Å². The molecule has 2 aliphatic heterocycles. The van der Waals surface area contributed by atoms with E-state index < -0.39 is 12.0 Å². The molecule has 0 bridgehead atoms. The van der Waals surface area contributed by atoms with Crippen LogP contribution in [0.3, 0.4) is 0 Å². The number of hydrogen-bond acceptors (Lipinski definition) is 5. The van der Waals surface area contributed by atoms with Gasteiger partial charge < -0.3 is 15.2 Å². The molecule has 2 unspecified atom stereocenters. The number of carbonyl (C=O) groups excluding carboxylic acids is 3. The number of carboxylic acids is 1.